The van der Waals surface area contributed by atoms with E-state index in [4.69, 9.17) is 5.73 Å². The number of nitrogens with two attached hydrogens (primary N) is 1. The molecule has 4 N–H and O–H groups in total. The number of hydrogen-bond acceptors (Lipinski definition) is 4. The van der Waals surface area contributed by atoms with Crippen molar-refractivity contribution in [2.75, 3.05) is 18.0 Å². The van der Waals surface area contributed by atoms with Crippen LogP contribution in [0.25, 0.3) is 10.9 Å². The summed E-state index contributed by atoms with van der Waals surface area (Å²) in [5.74, 6) is -0.777. The van der Waals surface area contributed by atoms with Gasteiger partial charge in [0.25, 0.3) is 0 Å². The van der Waals surface area contributed by atoms with E-state index >= 15 is 0 Å². The van der Waals surface area contributed by atoms with Crippen molar-refractivity contribution in [3.8, 4) is 5.88 Å². The number of aliphatic imine (C=N–C) groups is 1. The summed E-state index contributed by atoms with van der Waals surface area (Å²) in [6.45, 7) is 3.54. The fraction of sp³-hybridized carbons (Fsp3) is 0.273. The number of hydrogen-bond donors (Lipinski definition) is 3. The number of nitrogens with zero attached hydrogens (tertiary/aromatic N) is 2. The number of aromatic hydroxyl groups is 1. The molecular weight excluding hydrogens is 371 g/mol. The molecule has 150 valence electrons. The predicted octanol–water partition coefficient (Wildman–Crippen LogP) is 3.77. The molecule has 6 nitrogen and oxygen atoms in total. The number of carbonyl (C=O) groups excluding carboxylic acids is 1. The van der Waals surface area contributed by atoms with Gasteiger partial charge >= 0.3 is 0 Å². The first-order valence-corrected chi connectivity index (χ1v) is 9.61. The van der Waals surface area contributed by atoms with Crippen molar-refractivity contribution >= 4 is 34.4 Å². The van der Waals surface area contributed by atoms with Gasteiger partial charge in [0.05, 0.1) is 22.7 Å². The maximum Gasteiger partial charge on any atom is 0.222 e. The van der Waals surface area contributed by atoms with E-state index in [0.29, 0.717) is 23.0 Å². The molecule has 1 aliphatic heterocycles. The fourth-order valence-electron chi connectivity index (χ4n) is 3.95. The second-order valence-electron chi connectivity index (χ2n) is 7.49. The van der Waals surface area contributed by atoms with Crippen LogP contribution in [0.4, 0.5) is 15.8 Å². The minimum absolute atomic E-state index is 0.0477. The van der Waals surface area contributed by atoms with Gasteiger partial charge in [-0.3, -0.25) is 9.79 Å². The summed E-state index contributed by atoms with van der Waals surface area (Å²) >= 11 is 0. The van der Waals surface area contributed by atoms with Crippen molar-refractivity contribution in [1.29, 1.82) is 0 Å². The number of amides is 1. The molecule has 4 rings (SSSR count). The second kappa shape index (κ2) is 7.58. The van der Waals surface area contributed by atoms with Gasteiger partial charge in [0.15, 0.2) is 5.88 Å². The highest BCUT2D eigenvalue weighted by molar-refractivity contribution is 6.02. The molecule has 1 amide bonds. The monoisotopic (exact) mass is 394 g/mol. The molecule has 1 saturated heterocycles. The van der Waals surface area contributed by atoms with E-state index in [2.05, 4.69) is 14.9 Å². The Morgan fingerprint density at radius 2 is 2.17 bits per heavy atom. The Morgan fingerprint density at radius 1 is 1.34 bits per heavy atom. The molecule has 3 aromatic rings. The zero-order valence-electron chi connectivity index (χ0n) is 16.2. The molecule has 2 heterocycles. The van der Waals surface area contributed by atoms with E-state index in [0.717, 1.165) is 36.3 Å². The summed E-state index contributed by atoms with van der Waals surface area (Å²) < 4.78 is 13.4. The van der Waals surface area contributed by atoms with Crippen molar-refractivity contribution in [3.63, 3.8) is 0 Å². The number of anilines is 1. The second-order valence-corrected chi connectivity index (χ2v) is 7.49. The molecule has 1 atom stereocenters. The van der Waals surface area contributed by atoms with Crippen LogP contribution in [-0.4, -0.2) is 35.3 Å². The van der Waals surface area contributed by atoms with Crippen molar-refractivity contribution in [3.05, 3.63) is 53.3 Å². The molecule has 0 spiro atoms. The Balaban J connectivity index is 1.57. The number of carbonyl (C=O) groups is 1. The Bertz CT molecular complexity index is 1110. The van der Waals surface area contributed by atoms with E-state index in [1.165, 1.54) is 12.1 Å². The van der Waals surface area contributed by atoms with Gasteiger partial charge in [-0.15, -0.1) is 0 Å². The minimum atomic E-state index is -0.371. The SMILES string of the molecule is Cc1cc(N=Cc2c(O)[nH]c3cc(F)ccc23)ccc1N1CCCC(C(N)=O)C1. The third kappa shape index (κ3) is 3.81. The van der Waals surface area contributed by atoms with Crippen molar-refractivity contribution in [1.82, 2.24) is 4.98 Å². The van der Waals surface area contributed by atoms with Crippen LogP contribution in [-0.2, 0) is 4.79 Å². The summed E-state index contributed by atoms with van der Waals surface area (Å²) in [7, 11) is 0. The highest BCUT2D eigenvalue weighted by atomic mass is 19.1. The molecule has 0 bridgehead atoms. The number of halogens is 1. The quantitative estimate of drug-likeness (QED) is 0.588. The number of primary amides is 1. The van der Waals surface area contributed by atoms with E-state index in [1.807, 2.05) is 25.1 Å². The molecule has 29 heavy (non-hydrogen) atoms. The number of aromatic amines is 1. The lowest BCUT2D eigenvalue weighted by Crippen LogP contribution is -2.41. The highest BCUT2D eigenvalue weighted by Crippen LogP contribution is 2.30. The van der Waals surface area contributed by atoms with E-state index in [-0.39, 0.29) is 23.5 Å². The molecule has 0 aliphatic carbocycles. The largest absolute Gasteiger partial charge is 0.494 e. The van der Waals surface area contributed by atoms with Gasteiger partial charge < -0.3 is 20.7 Å². The average molecular weight is 394 g/mol. The van der Waals surface area contributed by atoms with Crippen LogP contribution in [0.3, 0.4) is 0 Å². The van der Waals surface area contributed by atoms with E-state index in [9.17, 15) is 14.3 Å². The minimum Gasteiger partial charge on any atom is -0.494 e. The van der Waals surface area contributed by atoms with Gasteiger partial charge in [0.1, 0.15) is 5.82 Å². The lowest BCUT2D eigenvalue weighted by Gasteiger charge is -2.34. The zero-order chi connectivity index (χ0) is 20.5. The zero-order valence-corrected chi connectivity index (χ0v) is 16.2. The van der Waals surface area contributed by atoms with E-state index < -0.39 is 0 Å². The van der Waals surface area contributed by atoms with Gasteiger partial charge in [0, 0.05) is 30.4 Å². The summed E-state index contributed by atoms with van der Waals surface area (Å²) in [5.41, 5.74) is 9.38. The third-order valence-corrected chi connectivity index (χ3v) is 5.47. The summed E-state index contributed by atoms with van der Waals surface area (Å²) in [5, 5.41) is 10.8. The lowest BCUT2D eigenvalue weighted by atomic mass is 9.96. The Kier molecular flexibility index (Phi) is 4.96. The first kappa shape index (κ1) is 19.0. The van der Waals surface area contributed by atoms with Crippen LogP contribution >= 0.6 is 0 Å². The van der Waals surface area contributed by atoms with Crippen LogP contribution in [0.5, 0.6) is 5.88 Å². The van der Waals surface area contributed by atoms with Gasteiger partial charge in [0.2, 0.25) is 5.91 Å². The number of H-pyrrole nitrogens is 1. The van der Waals surface area contributed by atoms with Crippen LogP contribution in [0.2, 0.25) is 0 Å². The summed E-state index contributed by atoms with van der Waals surface area (Å²) in [6, 6.07) is 10.2. The average Bonchev–Trinajstić information content (AvgIpc) is 3.00. The number of aromatic nitrogens is 1. The topological polar surface area (TPSA) is 94.7 Å². The molecule has 1 fully saturated rings. The maximum atomic E-state index is 13.4. The Morgan fingerprint density at radius 3 is 2.93 bits per heavy atom. The molecule has 1 aliphatic rings. The molecule has 7 heteroatoms. The number of benzene rings is 2. The molecule has 2 aromatic carbocycles. The van der Waals surface area contributed by atoms with Gasteiger partial charge in [-0.2, -0.15) is 0 Å². The number of rotatable bonds is 4. The van der Waals surface area contributed by atoms with Gasteiger partial charge in [-0.1, -0.05) is 0 Å². The third-order valence-electron chi connectivity index (χ3n) is 5.47. The number of fused-ring (bicyclic) bond motifs is 1. The van der Waals surface area contributed by atoms with Crippen molar-refractivity contribution in [2.45, 2.75) is 19.8 Å². The van der Waals surface area contributed by atoms with Crippen molar-refractivity contribution in [2.24, 2.45) is 16.6 Å². The van der Waals surface area contributed by atoms with Crippen LogP contribution in [0, 0.1) is 18.7 Å². The summed E-state index contributed by atoms with van der Waals surface area (Å²) in [6.07, 6.45) is 3.35. The molecule has 0 saturated carbocycles. The first-order chi connectivity index (χ1) is 13.9. The highest BCUT2D eigenvalue weighted by Gasteiger charge is 2.24. The molecule has 1 unspecified atom stereocenters. The molecular formula is C22H23FN4O2. The lowest BCUT2D eigenvalue weighted by molar-refractivity contribution is -0.122. The molecule has 1 aromatic heterocycles. The standard InChI is InChI=1S/C22H23FN4O2/c1-13-9-16(5-7-20(13)27-8-2-3-14(12-27)21(24)28)25-11-18-17-6-4-15(23)10-19(17)26-22(18)29/h4-7,9-11,14,26,29H,2-3,8,12H2,1H3,(H2,24,28). The summed E-state index contributed by atoms with van der Waals surface area (Å²) in [4.78, 5) is 21.0. The maximum absolute atomic E-state index is 13.4. The smallest absolute Gasteiger partial charge is 0.222 e. The number of piperidine rings is 1. The Labute approximate surface area is 167 Å². The molecule has 0 radical (unpaired) electrons. The van der Waals surface area contributed by atoms with Gasteiger partial charge in [-0.25, -0.2) is 4.39 Å². The van der Waals surface area contributed by atoms with Crippen LogP contribution in [0.15, 0.2) is 41.4 Å². The predicted molar refractivity (Wildman–Crippen MR) is 112 cm³/mol. The Hall–Kier alpha value is -3.35. The number of aryl methyl sites for hydroxylation is 1. The van der Waals surface area contributed by atoms with Gasteiger partial charge in [-0.05, 0) is 61.7 Å². The van der Waals surface area contributed by atoms with Crippen molar-refractivity contribution < 1.29 is 14.3 Å². The normalized spacial score (nSPS) is 17.3. The first-order valence-electron chi connectivity index (χ1n) is 9.61. The van der Waals surface area contributed by atoms with Crippen LogP contribution in [0.1, 0.15) is 24.0 Å². The van der Waals surface area contributed by atoms with E-state index in [1.54, 1.807) is 12.3 Å². The number of nitrogens with one attached hydrogen (secondary N) is 1. The van der Waals surface area contributed by atoms with Crippen LogP contribution < -0.4 is 10.6 Å². The fourth-order valence-corrected chi connectivity index (χ4v) is 3.95.